The molecule has 0 aliphatic carbocycles. The SMILES string of the molecule is CC(C)C[C@@H]1NC(=O)[C@H](CC(C)C)NC(=O)[C@H](C)N(C)C(=O)C[C@@H](C(=O)N2CCCCC2)NC(=O)[C@H](C(C)C)N(C)C(O)[C@H](CC(C)C)NC(=O)[C@H](Cc2ccccc2)NC(=O)[C@H]([C@@H](C)O)NC(=O)[C@@H]2CCN2C(=O)[C@H](CC(C)C)NC(=O)[C@H](C)NC1=O. The van der Waals surface area contributed by atoms with Crippen LogP contribution < -0.4 is 42.5 Å². The number of hydrogen-bond donors (Lipinski definition) is 10. The zero-order chi connectivity index (χ0) is 66.0. The average molecular weight is 1240 g/mol. The smallest absolute Gasteiger partial charge is 0.245 e. The molecule has 0 radical (unpaired) electrons. The van der Waals surface area contributed by atoms with E-state index in [-0.39, 0.29) is 68.7 Å². The van der Waals surface area contributed by atoms with Crippen molar-refractivity contribution in [2.45, 2.75) is 233 Å². The van der Waals surface area contributed by atoms with Crippen molar-refractivity contribution >= 4 is 65.0 Å². The summed E-state index contributed by atoms with van der Waals surface area (Å²) in [6.07, 6.45) is -0.755. The number of aliphatic hydroxyl groups is 2. The van der Waals surface area contributed by atoms with Crippen LogP contribution in [0.5, 0.6) is 0 Å². The van der Waals surface area contributed by atoms with E-state index in [4.69, 9.17) is 0 Å². The number of aliphatic hydroxyl groups excluding tert-OH is 2. The zero-order valence-corrected chi connectivity index (χ0v) is 54.6. The van der Waals surface area contributed by atoms with Crippen molar-refractivity contribution < 1.29 is 63.0 Å². The summed E-state index contributed by atoms with van der Waals surface area (Å²) in [6.45, 7) is 23.3. The minimum absolute atomic E-state index is 0.0794. The third-order valence-corrected chi connectivity index (χ3v) is 16.5. The molecule has 3 aliphatic heterocycles. The molecule has 3 fully saturated rings. The molecule has 3 aliphatic rings. The lowest BCUT2D eigenvalue weighted by Gasteiger charge is -2.42. The number of likely N-dealkylation sites (N-methyl/N-ethyl adjacent to an activating group) is 2. The fourth-order valence-electron chi connectivity index (χ4n) is 11.4. The van der Waals surface area contributed by atoms with E-state index < -0.39 is 156 Å². The second-order valence-electron chi connectivity index (χ2n) is 26.5. The summed E-state index contributed by atoms with van der Waals surface area (Å²) in [5.74, 6) is -9.02. The highest BCUT2D eigenvalue weighted by Gasteiger charge is 2.44. The van der Waals surface area contributed by atoms with Crippen molar-refractivity contribution in [3.63, 3.8) is 0 Å². The van der Waals surface area contributed by atoms with Crippen LogP contribution in [0, 0.1) is 29.6 Å². The van der Waals surface area contributed by atoms with Crippen molar-refractivity contribution in [1.29, 1.82) is 0 Å². The van der Waals surface area contributed by atoms with E-state index in [1.54, 1.807) is 49.1 Å². The van der Waals surface area contributed by atoms with Crippen LogP contribution in [0.4, 0.5) is 0 Å². The molecule has 25 heteroatoms. The van der Waals surface area contributed by atoms with E-state index in [9.17, 15) is 63.0 Å². The lowest BCUT2D eigenvalue weighted by molar-refractivity contribution is -0.151. The number of carbonyl (C=O) groups excluding carboxylic acids is 11. The Morgan fingerprint density at radius 2 is 1.07 bits per heavy atom. The fourth-order valence-corrected chi connectivity index (χ4v) is 11.4. The van der Waals surface area contributed by atoms with Gasteiger partial charge in [0, 0.05) is 33.1 Å². The maximum atomic E-state index is 14.8. The summed E-state index contributed by atoms with van der Waals surface area (Å²) in [5.41, 5.74) is 0.628. The van der Waals surface area contributed by atoms with Crippen molar-refractivity contribution in [3.8, 4) is 0 Å². The molecule has 88 heavy (non-hydrogen) atoms. The van der Waals surface area contributed by atoms with Gasteiger partial charge < -0.3 is 67.4 Å². The standard InChI is InChI=1S/C63H104N12O13/c1-34(2)28-43-55(80)64-39(11)53(78)68-47(31-37(7)8)63(88)75-27-24-49(75)58(83)71-51(41(13)76)59(84)67-45(32-42-22-18-16-19-23-42)57(82)69-46(30-36(5)6)61(86)73(15)52(38(9)10)60(85)70-48(62(87)74-25-20-17-21-26-74)33-50(77)72(14)40(12)54(79)65-44(29-35(3)4)56(81)66-43/h16,18-19,22-23,34-41,43-49,51-52,61,76,86H,17,20-21,24-33H2,1-15H3,(H,64,80)(H,65,79)(H,66,81)(H,67,84)(H,68,78)(H,69,82)(H,70,85)(H,71,83)/t39-,40-,41+,43-,44-,45-,46-,47-,48-,49-,51-,52-,61?/m0/s1. The van der Waals surface area contributed by atoms with Gasteiger partial charge in [-0.25, -0.2) is 0 Å². The molecule has 3 saturated heterocycles. The summed E-state index contributed by atoms with van der Waals surface area (Å²) < 4.78 is 0. The summed E-state index contributed by atoms with van der Waals surface area (Å²) >= 11 is 0. The number of piperidine rings is 1. The number of nitrogens with one attached hydrogen (secondary N) is 8. The third-order valence-electron chi connectivity index (χ3n) is 16.5. The number of nitrogens with zero attached hydrogens (tertiary/aromatic N) is 4. The summed E-state index contributed by atoms with van der Waals surface area (Å²) in [6, 6.07) is -5.10. The van der Waals surface area contributed by atoms with Gasteiger partial charge in [-0.2, -0.15) is 0 Å². The van der Waals surface area contributed by atoms with E-state index >= 15 is 0 Å². The number of benzene rings is 1. The molecule has 25 nitrogen and oxygen atoms in total. The third kappa shape index (κ3) is 21.5. The summed E-state index contributed by atoms with van der Waals surface area (Å²) in [5, 5.41) is 45.4. The van der Waals surface area contributed by atoms with Gasteiger partial charge in [-0.15, -0.1) is 0 Å². The minimum atomic E-state index is -1.64. The first-order valence-corrected chi connectivity index (χ1v) is 31.6. The first-order chi connectivity index (χ1) is 41.2. The van der Waals surface area contributed by atoms with Crippen LogP contribution in [0.3, 0.4) is 0 Å². The van der Waals surface area contributed by atoms with Crippen LogP contribution in [0.15, 0.2) is 30.3 Å². The van der Waals surface area contributed by atoms with Crippen LogP contribution in [-0.4, -0.2) is 207 Å². The Balaban J connectivity index is 1.82. The Kier molecular flexibility index (Phi) is 28.7. The monoisotopic (exact) mass is 1240 g/mol. The Hall–Kier alpha value is -6.73. The van der Waals surface area contributed by atoms with Crippen LogP contribution in [0.1, 0.15) is 153 Å². The fraction of sp³-hybridized carbons (Fsp3) is 0.730. The number of hydrogen-bond acceptors (Lipinski definition) is 14. The lowest BCUT2D eigenvalue weighted by atomic mass is 9.96. The highest BCUT2D eigenvalue weighted by Crippen LogP contribution is 2.24. The van der Waals surface area contributed by atoms with Crippen molar-refractivity contribution in [2.24, 2.45) is 29.6 Å². The number of carbonyl (C=O) groups is 11. The molecule has 3 heterocycles. The predicted octanol–water partition coefficient (Wildman–Crippen LogP) is 0.831. The van der Waals surface area contributed by atoms with E-state index in [0.717, 1.165) is 11.3 Å². The molecule has 10 N–H and O–H groups in total. The number of fused-ring (bicyclic) bond motifs is 1. The molecule has 0 saturated carbocycles. The van der Waals surface area contributed by atoms with Gasteiger partial charge in [-0.3, -0.25) is 57.6 Å². The van der Waals surface area contributed by atoms with Gasteiger partial charge in [0.25, 0.3) is 0 Å². The quantitative estimate of drug-likeness (QED) is 0.131. The number of rotatable bonds is 13. The molecular formula is C63H104N12O13. The van der Waals surface area contributed by atoms with E-state index in [1.165, 1.54) is 44.7 Å². The van der Waals surface area contributed by atoms with E-state index in [1.807, 2.05) is 55.4 Å². The van der Waals surface area contributed by atoms with Crippen LogP contribution in [0.25, 0.3) is 0 Å². The number of amides is 11. The van der Waals surface area contributed by atoms with Gasteiger partial charge in [0.05, 0.1) is 24.6 Å². The van der Waals surface area contributed by atoms with Crippen molar-refractivity contribution in [3.05, 3.63) is 35.9 Å². The van der Waals surface area contributed by atoms with Gasteiger partial charge in [0.1, 0.15) is 60.6 Å². The van der Waals surface area contributed by atoms with Gasteiger partial charge in [-0.05, 0) is 114 Å². The van der Waals surface area contributed by atoms with Gasteiger partial charge in [0.2, 0.25) is 65.0 Å². The van der Waals surface area contributed by atoms with Crippen molar-refractivity contribution in [1.82, 2.24) is 62.1 Å². The highest BCUT2D eigenvalue weighted by molar-refractivity contribution is 5.99. The minimum Gasteiger partial charge on any atom is -0.391 e. The Morgan fingerprint density at radius 3 is 1.59 bits per heavy atom. The lowest BCUT2D eigenvalue weighted by Crippen LogP contribution is -2.66. The maximum absolute atomic E-state index is 14.8. The largest absolute Gasteiger partial charge is 0.391 e. The predicted molar refractivity (Wildman–Crippen MR) is 331 cm³/mol. The first kappa shape index (κ1) is 73.7. The summed E-state index contributed by atoms with van der Waals surface area (Å²) in [7, 11) is 2.86. The molecule has 494 valence electrons. The van der Waals surface area contributed by atoms with Gasteiger partial charge >= 0.3 is 0 Å². The molecule has 13 atom stereocenters. The number of likely N-dealkylation sites (tertiary alicyclic amines) is 1. The second-order valence-corrected chi connectivity index (χ2v) is 26.5. The normalized spacial score (nSPS) is 28.8. The molecular weight excluding hydrogens is 1130 g/mol. The van der Waals surface area contributed by atoms with E-state index in [2.05, 4.69) is 42.5 Å². The average Bonchev–Trinajstić information content (AvgIpc) is 3.40. The Bertz CT molecular complexity index is 2560. The van der Waals surface area contributed by atoms with E-state index in [0.29, 0.717) is 31.5 Å². The van der Waals surface area contributed by atoms with Crippen LogP contribution in [-0.2, 0) is 59.2 Å². The van der Waals surface area contributed by atoms with Crippen LogP contribution in [0.2, 0.25) is 0 Å². The highest BCUT2D eigenvalue weighted by atomic mass is 16.3. The molecule has 0 aromatic heterocycles. The molecule has 1 aromatic rings. The Morgan fingerprint density at radius 1 is 0.557 bits per heavy atom. The van der Waals surface area contributed by atoms with Gasteiger partial charge in [-0.1, -0.05) is 99.6 Å². The maximum Gasteiger partial charge on any atom is 0.245 e. The molecule has 1 unspecified atom stereocenters. The molecule has 0 spiro atoms. The summed E-state index contributed by atoms with van der Waals surface area (Å²) in [4.78, 5) is 163. The first-order valence-electron chi connectivity index (χ1n) is 31.6. The van der Waals surface area contributed by atoms with Crippen LogP contribution >= 0.6 is 0 Å². The topological polar surface area (TPSA) is 337 Å². The molecule has 11 amide bonds. The second kappa shape index (κ2) is 34.3. The molecule has 0 bridgehead atoms. The molecule has 4 rings (SSSR count). The van der Waals surface area contributed by atoms with Crippen molar-refractivity contribution in [2.75, 3.05) is 33.7 Å². The Labute approximate surface area is 520 Å². The zero-order valence-electron chi connectivity index (χ0n) is 54.6. The molecule has 1 aromatic carbocycles. The van der Waals surface area contributed by atoms with Gasteiger partial charge in [0.15, 0.2) is 0 Å².